The van der Waals surface area contributed by atoms with Gasteiger partial charge in [-0.05, 0) is 18.2 Å². The molecule has 6 nitrogen and oxygen atoms in total. The molecule has 0 bridgehead atoms. The van der Waals surface area contributed by atoms with Crippen molar-refractivity contribution in [3.8, 4) is 11.5 Å². The molecule has 92 valence electrons. The molecule has 6 heteroatoms. The van der Waals surface area contributed by atoms with E-state index >= 15 is 0 Å². The number of aromatic amines is 1. The van der Waals surface area contributed by atoms with E-state index in [0.29, 0.717) is 36.1 Å². The lowest BCUT2D eigenvalue weighted by molar-refractivity contribution is 0.102. The van der Waals surface area contributed by atoms with Gasteiger partial charge in [0.25, 0.3) is 5.91 Å². The highest BCUT2D eigenvalue weighted by Gasteiger charge is 2.15. The number of rotatable bonds is 2. The van der Waals surface area contributed by atoms with Gasteiger partial charge in [0.2, 0.25) is 0 Å². The summed E-state index contributed by atoms with van der Waals surface area (Å²) in [5.41, 5.74) is 0.508. The topological polar surface area (TPSA) is 76.2 Å². The van der Waals surface area contributed by atoms with Gasteiger partial charge in [-0.1, -0.05) is 0 Å². The Morgan fingerprint density at radius 3 is 2.83 bits per heavy atom. The zero-order chi connectivity index (χ0) is 12.4. The molecule has 2 aromatic rings. The smallest absolute Gasteiger partial charge is 0.256 e. The molecule has 1 amide bonds. The van der Waals surface area contributed by atoms with E-state index < -0.39 is 0 Å². The average molecular weight is 245 g/mol. The number of H-pyrrole nitrogens is 1. The first-order valence-electron chi connectivity index (χ1n) is 5.53. The second-order valence-electron chi connectivity index (χ2n) is 3.78. The van der Waals surface area contributed by atoms with Gasteiger partial charge in [0.05, 0.1) is 6.20 Å². The maximum atomic E-state index is 11.9. The van der Waals surface area contributed by atoms with Gasteiger partial charge < -0.3 is 14.8 Å². The first-order chi connectivity index (χ1) is 8.83. The molecule has 0 unspecified atom stereocenters. The highest BCUT2D eigenvalue weighted by atomic mass is 16.6. The normalized spacial score (nSPS) is 13.1. The SMILES string of the molecule is O=C(Nc1ccn[nH]1)c1ccc2c(c1)OCCO2. The molecular weight excluding hydrogens is 234 g/mol. The fourth-order valence-electron chi connectivity index (χ4n) is 1.70. The summed E-state index contributed by atoms with van der Waals surface area (Å²) in [6, 6.07) is 6.77. The number of nitrogens with zero attached hydrogens (tertiary/aromatic N) is 1. The van der Waals surface area contributed by atoms with Crippen molar-refractivity contribution in [1.29, 1.82) is 0 Å². The number of hydrogen-bond acceptors (Lipinski definition) is 4. The number of fused-ring (bicyclic) bond motifs is 1. The van der Waals surface area contributed by atoms with Crippen LogP contribution < -0.4 is 14.8 Å². The first kappa shape index (κ1) is 10.6. The molecule has 0 fully saturated rings. The van der Waals surface area contributed by atoms with E-state index in [-0.39, 0.29) is 5.91 Å². The largest absolute Gasteiger partial charge is 0.486 e. The molecule has 3 rings (SSSR count). The van der Waals surface area contributed by atoms with Gasteiger partial charge in [0, 0.05) is 11.6 Å². The number of aromatic nitrogens is 2. The third-order valence-corrected chi connectivity index (χ3v) is 2.55. The quantitative estimate of drug-likeness (QED) is 0.839. The second kappa shape index (κ2) is 4.40. The molecule has 0 aliphatic carbocycles. The summed E-state index contributed by atoms with van der Waals surface area (Å²) in [7, 11) is 0. The number of amides is 1. The molecule has 0 spiro atoms. The van der Waals surface area contributed by atoms with Crippen molar-refractivity contribution in [3.63, 3.8) is 0 Å². The van der Waals surface area contributed by atoms with Crippen LogP contribution in [0.3, 0.4) is 0 Å². The Balaban J connectivity index is 1.81. The van der Waals surface area contributed by atoms with E-state index in [9.17, 15) is 4.79 Å². The lowest BCUT2D eigenvalue weighted by atomic mass is 10.2. The number of benzene rings is 1. The van der Waals surface area contributed by atoms with Gasteiger partial charge in [-0.25, -0.2) is 0 Å². The predicted molar refractivity (Wildman–Crippen MR) is 64.0 cm³/mol. The maximum absolute atomic E-state index is 11.9. The fourth-order valence-corrected chi connectivity index (χ4v) is 1.70. The zero-order valence-corrected chi connectivity index (χ0v) is 9.47. The summed E-state index contributed by atoms with van der Waals surface area (Å²) in [5, 5.41) is 9.11. The minimum atomic E-state index is -0.226. The van der Waals surface area contributed by atoms with Gasteiger partial charge in [0.15, 0.2) is 11.5 Å². The minimum absolute atomic E-state index is 0.226. The van der Waals surface area contributed by atoms with Crippen LogP contribution >= 0.6 is 0 Å². The monoisotopic (exact) mass is 245 g/mol. The Labute approximate surface area is 103 Å². The van der Waals surface area contributed by atoms with Crippen molar-refractivity contribution in [2.24, 2.45) is 0 Å². The van der Waals surface area contributed by atoms with Gasteiger partial charge in [-0.2, -0.15) is 5.10 Å². The van der Waals surface area contributed by atoms with E-state index in [1.807, 2.05) is 0 Å². The van der Waals surface area contributed by atoms with Gasteiger partial charge in [-0.3, -0.25) is 9.89 Å². The highest BCUT2D eigenvalue weighted by Crippen LogP contribution is 2.30. The lowest BCUT2D eigenvalue weighted by Crippen LogP contribution is -2.17. The molecule has 18 heavy (non-hydrogen) atoms. The highest BCUT2D eigenvalue weighted by molar-refractivity contribution is 6.04. The standard InChI is InChI=1S/C12H11N3O3/c16-12(14-11-3-4-13-15-11)8-1-2-9-10(7-8)18-6-5-17-9/h1-4,7H,5-6H2,(H2,13,14,15,16). The van der Waals surface area contributed by atoms with E-state index in [1.54, 1.807) is 30.5 Å². The third-order valence-electron chi connectivity index (χ3n) is 2.55. The van der Waals surface area contributed by atoms with Crippen LogP contribution in [0.1, 0.15) is 10.4 Å². The summed E-state index contributed by atoms with van der Waals surface area (Å²) in [5.74, 6) is 1.59. The summed E-state index contributed by atoms with van der Waals surface area (Å²) < 4.78 is 10.8. The Hall–Kier alpha value is -2.50. The van der Waals surface area contributed by atoms with Gasteiger partial charge in [0.1, 0.15) is 19.0 Å². The van der Waals surface area contributed by atoms with E-state index in [1.165, 1.54) is 0 Å². The zero-order valence-electron chi connectivity index (χ0n) is 9.47. The molecule has 0 atom stereocenters. The second-order valence-corrected chi connectivity index (χ2v) is 3.78. The molecule has 2 N–H and O–H groups in total. The van der Waals surface area contributed by atoms with E-state index in [2.05, 4.69) is 15.5 Å². The van der Waals surface area contributed by atoms with Gasteiger partial charge >= 0.3 is 0 Å². The van der Waals surface area contributed by atoms with Gasteiger partial charge in [-0.15, -0.1) is 0 Å². The predicted octanol–water partition coefficient (Wildman–Crippen LogP) is 1.43. The number of carbonyl (C=O) groups excluding carboxylic acids is 1. The van der Waals surface area contributed by atoms with Crippen molar-refractivity contribution >= 4 is 11.7 Å². The number of ether oxygens (including phenoxy) is 2. The molecule has 0 saturated carbocycles. The molecule has 1 aliphatic rings. The Morgan fingerprint density at radius 2 is 2.06 bits per heavy atom. The summed E-state index contributed by atoms with van der Waals surface area (Å²) in [6.07, 6.45) is 1.57. The maximum Gasteiger partial charge on any atom is 0.256 e. The number of anilines is 1. The summed E-state index contributed by atoms with van der Waals surface area (Å²) in [4.78, 5) is 11.9. The molecule has 2 heterocycles. The molecule has 1 aromatic carbocycles. The lowest BCUT2D eigenvalue weighted by Gasteiger charge is -2.18. The van der Waals surface area contributed by atoms with Crippen molar-refractivity contribution in [3.05, 3.63) is 36.0 Å². The van der Waals surface area contributed by atoms with Crippen LogP contribution in [0, 0.1) is 0 Å². The molecule has 1 aliphatic heterocycles. The molecule has 1 aromatic heterocycles. The van der Waals surface area contributed by atoms with Crippen LogP contribution in [0.15, 0.2) is 30.5 Å². The molecule has 0 radical (unpaired) electrons. The van der Waals surface area contributed by atoms with Crippen LogP contribution in [0.2, 0.25) is 0 Å². The first-order valence-corrected chi connectivity index (χ1v) is 5.53. The van der Waals surface area contributed by atoms with Crippen molar-refractivity contribution in [1.82, 2.24) is 10.2 Å². The van der Waals surface area contributed by atoms with Crippen LogP contribution in [0.25, 0.3) is 0 Å². The Morgan fingerprint density at radius 1 is 1.22 bits per heavy atom. The summed E-state index contributed by atoms with van der Waals surface area (Å²) in [6.45, 7) is 1.03. The van der Waals surface area contributed by atoms with Crippen LogP contribution in [-0.4, -0.2) is 29.3 Å². The number of nitrogens with one attached hydrogen (secondary N) is 2. The molecule has 0 saturated heterocycles. The number of carbonyl (C=O) groups is 1. The van der Waals surface area contributed by atoms with Crippen LogP contribution in [0.4, 0.5) is 5.82 Å². The van der Waals surface area contributed by atoms with E-state index in [0.717, 1.165) is 0 Å². The van der Waals surface area contributed by atoms with Crippen molar-refractivity contribution in [2.75, 3.05) is 18.5 Å². The Kier molecular flexibility index (Phi) is 2.60. The van der Waals surface area contributed by atoms with Crippen LogP contribution in [-0.2, 0) is 0 Å². The summed E-state index contributed by atoms with van der Waals surface area (Å²) >= 11 is 0. The fraction of sp³-hybridized carbons (Fsp3) is 0.167. The van der Waals surface area contributed by atoms with Crippen molar-refractivity contribution < 1.29 is 14.3 Å². The van der Waals surface area contributed by atoms with Crippen molar-refractivity contribution in [2.45, 2.75) is 0 Å². The Bertz CT molecular complexity index is 566. The third kappa shape index (κ3) is 2.00. The van der Waals surface area contributed by atoms with E-state index in [4.69, 9.17) is 9.47 Å². The van der Waals surface area contributed by atoms with Crippen LogP contribution in [0.5, 0.6) is 11.5 Å². The minimum Gasteiger partial charge on any atom is -0.486 e. The average Bonchev–Trinajstić information content (AvgIpc) is 2.91. The molecular formula is C12H11N3O3. The number of hydrogen-bond donors (Lipinski definition) is 2.